The van der Waals surface area contributed by atoms with Crippen molar-refractivity contribution in [2.45, 2.75) is 58.9 Å². The topological polar surface area (TPSA) is 86.7 Å². The highest BCUT2D eigenvalue weighted by atomic mass is 32.2. The van der Waals surface area contributed by atoms with E-state index in [-0.39, 0.29) is 6.42 Å². The molecule has 1 atom stereocenters. The van der Waals surface area contributed by atoms with Crippen LogP contribution in [0.4, 0.5) is 0 Å². The van der Waals surface area contributed by atoms with Crippen molar-refractivity contribution in [3.63, 3.8) is 0 Å². The van der Waals surface area contributed by atoms with Crippen LogP contribution in [0.15, 0.2) is 0 Å². The fraction of sp³-hybridized carbons (Fsp3) is 0.923. The molecule has 1 rings (SSSR count). The maximum atomic E-state index is 12.4. The Labute approximate surface area is 121 Å². The number of carboxylic acid groups (broad SMARTS) is 1. The number of nitrogens with zero attached hydrogens (tertiary/aromatic N) is 1. The van der Waals surface area contributed by atoms with Crippen LogP contribution in [-0.4, -0.2) is 42.9 Å². The predicted molar refractivity (Wildman–Crippen MR) is 77.6 cm³/mol. The van der Waals surface area contributed by atoms with Gasteiger partial charge in [-0.05, 0) is 18.3 Å². The van der Waals surface area contributed by atoms with E-state index in [1.807, 2.05) is 20.8 Å². The first-order chi connectivity index (χ1) is 9.13. The van der Waals surface area contributed by atoms with Crippen molar-refractivity contribution in [3.8, 4) is 0 Å². The second-order valence-corrected chi connectivity index (χ2v) is 8.15. The number of carbonyl (C=O) groups is 1. The summed E-state index contributed by atoms with van der Waals surface area (Å²) in [5.74, 6) is -0.997. The van der Waals surface area contributed by atoms with Crippen LogP contribution in [-0.2, 0) is 15.0 Å². The average molecular weight is 306 g/mol. The van der Waals surface area contributed by atoms with E-state index in [1.54, 1.807) is 0 Å². The van der Waals surface area contributed by atoms with Gasteiger partial charge in [-0.3, -0.25) is 4.79 Å². The maximum absolute atomic E-state index is 12.4. The lowest BCUT2D eigenvalue weighted by Crippen LogP contribution is -2.50. The third kappa shape index (κ3) is 5.38. The summed E-state index contributed by atoms with van der Waals surface area (Å²) in [5, 5.41) is 8.95. The Morgan fingerprint density at radius 3 is 2.10 bits per heavy atom. The second kappa shape index (κ2) is 6.87. The van der Waals surface area contributed by atoms with Crippen LogP contribution in [0.1, 0.15) is 52.9 Å². The SMILES string of the molecule is CC(C)(C)C(CC(=O)O)NS(=O)(=O)N1CCCCCC1. The summed E-state index contributed by atoms with van der Waals surface area (Å²) in [5.41, 5.74) is -0.447. The molecule has 0 radical (unpaired) electrons. The Bertz CT molecular complexity index is 420. The molecule has 0 aromatic heterocycles. The van der Waals surface area contributed by atoms with E-state index in [4.69, 9.17) is 5.11 Å². The zero-order valence-corrected chi connectivity index (χ0v) is 13.4. The molecule has 1 unspecified atom stereocenters. The van der Waals surface area contributed by atoms with Crippen molar-refractivity contribution in [3.05, 3.63) is 0 Å². The zero-order chi connectivity index (χ0) is 15.4. The van der Waals surface area contributed by atoms with Gasteiger partial charge in [0.2, 0.25) is 0 Å². The van der Waals surface area contributed by atoms with Crippen LogP contribution < -0.4 is 4.72 Å². The highest BCUT2D eigenvalue weighted by Gasteiger charge is 2.33. The molecule has 0 amide bonds. The summed E-state index contributed by atoms with van der Waals surface area (Å²) in [6.45, 7) is 6.54. The van der Waals surface area contributed by atoms with Gasteiger partial charge in [0.15, 0.2) is 0 Å². The largest absolute Gasteiger partial charge is 0.481 e. The lowest BCUT2D eigenvalue weighted by molar-refractivity contribution is -0.138. The molecule has 1 aliphatic rings. The molecule has 2 N–H and O–H groups in total. The van der Waals surface area contributed by atoms with E-state index in [0.717, 1.165) is 25.7 Å². The molecule has 1 saturated heterocycles. The number of rotatable bonds is 5. The van der Waals surface area contributed by atoms with Crippen molar-refractivity contribution >= 4 is 16.2 Å². The predicted octanol–water partition coefficient (Wildman–Crippen LogP) is 1.59. The fourth-order valence-corrected chi connectivity index (χ4v) is 3.92. The fourth-order valence-electron chi connectivity index (χ4n) is 2.24. The molecule has 7 heteroatoms. The van der Waals surface area contributed by atoms with Gasteiger partial charge in [0.1, 0.15) is 0 Å². The molecule has 1 heterocycles. The molecular formula is C13H26N2O4S. The minimum Gasteiger partial charge on any atom is -0.481 e. The number of hydrogen-bond donors (Lipinski definition) is 2. The van der Waals surface area contributed by atoms with E-state index < -0.39 is 27.6 Å². The van der Waals surface area contributed by atoms with E-state index >= 15 is 0 Å². The average Bonchev–Trinajstić information content (AvgIpc) is 2.54. The molecule has 0 aliphatic carbocycles. The Morgan fingerprint density at radius 2 is 1.70 bits per heavy atom. The van der Waals surface area contributed by atoms with Crippen LogP contribution in [0.3, 0.4) is 0 Å². The molecule has 118 valence electrons. The normalized spacial score (nSPS) is 20.4. The number of carboxylic acids is 1. The number of nitrogens with one attached hydrogen (secondary N) is 1. The van der Waals surface area contributed by atoms with Gasteiger partial charge < -0.3 is 5.11 Å². The number of aliphatic carboxylic acids is 1. The van der Waals surface area contributed by atoms with Crippen LogP contribution >= 0.6 is 0 Å². The van der Waals surface area contributed by atoms with E-state index in [1.165, 1.54) is 4.31 Å². The summed E-state index contributed by atoms with van der Waals surface area (Å²) in [6, 6.07) is -0.617. The molecule has 1 fully saturated rings. The standard InChI is InChI=1S/C13H26N2O4S/c1-13(2,3)11(10-12(16)17)14-20(18,19)15-8-6-4-5-7-9-15/h11,14H,4-10H2,1-3H3,(H,16,17). The van der Waals surface area contributed by atoms with Crippen molar-refractivity contribution in [2.24, 2.45) is 5.41 Å². The molecule has 0 bridgehead atoms. The molecule has 20 heavy (non-hydrogen) atoms. The monoisotopic (exact) mass is 306 g/mol. The molecule has 6 nitrogen and oxygen atoms in total. The highest BCUT2D eigenvalue weighted by Crippen LogP contribution is 2.23. The van der Waals surface area contributed by atoms with Crippen molar-refractivity contribution in [1.82, 2.24) is 9.03 Å². The first-order valence-corrected chi connectivity index (χ1v) is 8.56. The van der Waals surface area contributed by atoms with Gasteiger partial charge in [-0.2, -0.15) is 17.4 Å². The second-order valence-electron chi connectivity index (χ2n) is 6.45. The van der Waals surface area contributed by atoms with Gasteiger partial charge in [-0.1, -0.05) is 33.6 Å². The van der Waals surface area contributed by atoms with Gasteiger partial charge in [-0.25, -0.2) is 0 Å². The van der Waals surface area contributed by atoms with Crippen molar-refractivity contribution in [2.75, 3.05) is 13.1 Å². The maximum Gasteiger partial charge on any atom is 0.304 e. The molecule has 0 aromatic carbocycles. The van der Waals surface area contributed by atoms with E-state index in [9.17, 15) is 13.2 Å². The zero-order valence-electron chi connectivity index (χ0n) is 12.6. The van der Waals surface area contributed by atoms with Crippen LogP contribution in [0.5, 0.6) is 0 Å². The third-order valence-electron chi connectivity index (χ3n) is 3.62. The van der Waals surface area contributed by atoms with E-state index in [2.05, 4.69) is 4.72 Å². The highest BCUT2D eigenvalue weighted by molar-refractivity contribution is 7.87. The van der Waals surface area contributed by atoms with Gasteiger partial charge >= 0.3 is 5.97 Å². The number of hydrogen-bond acceptors (Lipinski definition) is 3. The van der Waals surface area contributed by atoms with Gasteiger partial charge in [0.25, 0.3) is 10.2 Å². The summed E-state index contributed by atoms with van der Waals surface area (Å²) >= 11 is 0. The first kappa shape index (κ1) is 17.4. The van der Waals surface area contributed by atoms with Crippen LogP contribution in [0.25, 0.3) is 0 Å². The Kier molecular flexibility index (Phi) is 5.97. The Morgan fingerprint density at radius 1 is 1.20 bits per heavy atom. The summed E-state index contributed by atoms with van der Waals surface area (Å²) in [6.07, 6.45) is 3.60. The lowest BCUT2D eigenvalue weighted by atomic mass is 9.85. The third-order valence-corrected chi connectivity index (χ3v) is 5.25. The molecule has 1 aliphatic heterocycles. The van der Waals surface area contributed by atoms with Crippen LogP contribution in [0, 0.1) is 5.41 Å². The van der Waals surface area contributed by atoms with Crippen molar-refractivity contribution in [1.29, 1.82) is 0 Å². The first-order valence-electron chi connectivity index (χ1n) is 7.12. The van der Waals surface area contributed by atoms with E-state index in [0.29, 0.717) is 13.1 Å². The quantitative estimate of drug-likeness (QED) is 0.807. The molecular weight excluding hydrogens is 280 g/mol. The molecule has 0 saturated carbocycles. The minimum absolute atomic E-state index is 0.212. The summed E-state index contributed by atoms with van der Waals surface area (Å²) in [4.78, 5) is 10.9. The summed E-state index contributed by atoms with van der Waals surface area (Å²) < 4.78 is 28.8. The van der Waals surface area contributed by atoms with Gasteiger partial charge in [0, 0.05) is 19.1 Å². The summed E-state index contributed by atoms with van der Waals surface area (Å²) in [7, 11) is -3.61. The molecule has 0 spiro atoms. The minimum atomic E-state index is -3.61. The molecule has 0 aromatic rings. The van der Waals surface area contributed by atoms with Crippen molar-refractivity contribution < 1.29 is 18.3 Å². The lowest BCUT2D eigenvalue weighted by Gasteiger charge is -2.32. The Balaban J connectivity index is 2.81. The smallest absolute Gasteiger partial charge is 0.304 e. The Hall–Kier alpha value is -0.660. The van der Waals surface area contributed by atoms with Gasteiger partial charge in [-0.15, -0.1) is 0 Å². The van der Waals surface area contributed by atoms with Crippen LogP contribution in [0.2, 0.25) is 0 Å². The van der Waals surface area contributed by atoms with Gasteiger partial charge in [0.05, 0.1) is 6.42 Å².